The molecule has 0 fully saturated rings. The number of nitrogens with zero attached hydrogens (tertiary/aromatic N) is 2. The van der Waals surface area contributed by atoms with Crippen molar-refractivity contribution in [3.63, 3.8) is 0 Å². The summed E-state index contributed by atoms with van der Waals surface area (Å²) in [7, 11) is 0. The highest BCUT2D eigenvalue weighted by Crippen LogP contribution is 2.45. The van der Waals surface area contributed by atoms with Crippen molar-refractivity contribution in [3.05, 3.63) is 100 Å². The molecule has 182 valence electrons. The van der Waals surface area contributed by atoms with Crippen molar-refractivity contribution in [1.29, 1.82) is 5.26 Å². The SMILES string of the molecule is Cc1ccc(NC(=O)c2c(Nc3ccccc3C)sc3c(-c4ccc(Cl)cc4)c(C#N)c(N)nc23)cc1. The average molecular weight is 524 g/mol. The first-order valence-corrected chi connectivity index (χ1v) is 12.7. The van der Waals surface area contributed by atoms with E-state index in [1.54, 1.807) is 12.1 Å². The van der Waals surface area contributed by atoms with Gasteiger partial charge in [0, 0.05) is 22.0 Å². The highest BCUT2D eigenvalue weighted by atomic mass is 35.5. The van der Waals surface area contributed by atoms with Gasteiger partial charge in [0.05, 0.1) is 10.2 Å². The lowest BCUT2D eigenvalue weighted by Gasteiger charge is -2.11. The number of carbonyl (C=O) groups excluding carboxylic acids is 1. The number of aryl methyl sites for hydroxylation is 2. The highest BCUT2D eigenvalue weighted by Gasteiger charge is 2.26. The number of thiophene rings is 1. The molecule has 37 heavy (non-hydrogen) atoms. The molecule has 2 aromatic heterocycles. The first-order chi connectivity index (χ1) is 17.9. The molecule has 8 heteroatoms. The number of hydrogen-bond acceptors (Lipinski definition) is 6. The second-order valence-electron chi connectivity index (χ2n) is 8.61. The lowest BCUT2D eigenvalue weighted by molar-refractivity contribution is 0.102. The van der Waals surface area contributed by atoms with Gasteiger partial charge in [0.1, 0.15) is 28.0 Å². The molecule has 5 rings (SSSR count). The van der Waals surface area contributed by atoms with E-state index in [2.05, 4.69) is 21.7 Å². The van der Waals surface area contributed by atoms with Crippen molar-refractivity contribution in [2.24, 2.45) is 0 Å². The third kappa shape index (κ3) is 4.73. The predicted octanol–water partition coefficient (Wildman–Crippen LogP) is 7.68. The summed E-state index contributed by atoms with van der Waals surface area (Å²) in [5, 5.41) is 17.5. The summed E-state index contributed by atoms with van der Waals surface area (Å²) in [5.41, 5.74) is 12.3. The number of para-hydroxylation sites is 1. The third-order valence-corrected chi connectivity index (χ3v) is 7.39. The van der Waals surface area contributed by atoms with Crippen LogP contribution < -0.4 is 16.4 Å². The Morgan fingerprint density at radius 1 is 1.03 bits per heavy atom. The summed E-state index contributed by atoms with van der Waals surface area (Å²) in [6.07, 6.45) is 0. The number of rotatable bonds is 5. The van der Waals surface area contributed by atoms with Crippen LogP contribution in [0, 0.1) is 25.2 Å². The first-order valence-electron chi connectivity index (χ1n) is 11.5. The second-order valence-corrected chi connectivity index (χ2v) is 10.1. The molecular formula is C29H22ClN5OS. The number of hydrogen-bond donors (Lipinski definition) is 3. The molecule has 0 radical (unpaired) electrons. The molecule has 3 aromatic carbocycles. The van der Waals surface area contributed by atoms with E-state index in [9.17, 15) is 10.1 Å². The number of pyridine rings is 1. The maximum Gasteiger partial charge on any atom is 0.260 e. The second kappa shape index (κ2) is 9.94. The monoisotopic (exact) mass is 523 g/mol. The number of nitrogen functional groups attached to an aromatic ring is 1. The van der Waals surface area contributed by atoms with E-state index < -0.39 is 0 Å². The number of amides is 1. The molecule has 0 bridgehead atoms. The smallest absolute Gasteiger partial charge is 0.260 e. The number of benzene rings is 3. The minimum absolute atomic E-state index is 0.0598. The predicted molar refractivity (Wildman–Crippen MR) is 153 cm³/mol. The number of nitriles is 1. The summed E-state index contributed by atoms with van der Waals surface area (Å²) < 4.78 is 0.679. The maximum absolute atomic E-state index is 13.7. The van der Waals surface area contributed by atoms with E-state index in [4.69, 9.17) is 17.3 Å². The molecule has 5 aromatic rings. The summed E-state index contributed by atoms with van der Waals surface area (Å²) in [6.45, 7) is 3.98. The van der Waals surface area contributed by atoms with E-state index in [1.165, 1.54) is 11.3 Å². The van der Waals surface area contributed by atoms with Crippen LogP contribution in [0.2, 0.25) is 5.02 Å². The molecule has 0 unspecified atom stereocenters. The third-order valence-electron chi connectivity index (χ3n) is 6.02. The zero-order valence-corrected chi connectivity index (χ0v) is 21.7. The zero-order chi connectivity index (χ0) is 26.1. The summed E-state index contributed by atoms with van der Waals surface area (Å²) in [6, 6.07) is 24.8. The van der Waals surface area contributed by atoms with Crippen LogP contribution in [-0.4, -0.2) is 10.9 Å². The van der Waals surface area contributed by atoms with Crippen molar-refractivity contribution in [3.8, 4) is 17.2 Å². The standard InChI is InChI=1S/C29H22ClN5OS/c1-16-7-13-20(14-8-16)33-28(36)24-25-26(37-29(24)34-22-6-4-3-5-17(22)2)23(21(15-31)27(32)35-25)18-9-11-19(30)12-10-18/h3-14,34H,1-2H3,(H2,32,35)(H,33,36). The van der Waals surface area contributed by atoms with Gasteiger partial charge in [-0.2, -0.15) is 5.26 Å². The lowest BCUT2D eigenvalue weighted by atomic mass is 10.00. The van der Waals surface area contributed by atoms with Gasteiger partial charge in [0.25, 0.3) is 5.91 Å². The minimum Gasteiger partial charge on any atom is -0.383 e. The Labute approximate surface area is 223 Å². The average Bonchev–Trinajstić information content (AvgIpc) is 3.24. The van der Waals surface area contributed by atoms with Crippen molar-refractivity contribution < 1.29 is 4.79 Å². The van der Waals surface area contributed by atoms with Crippen LogP contribution in [0.3, 0.4) is 0 Å². The van der Waals surface area contributed by atoms with Gasteiger partial charge < -0.3 is 16.4 Å². The van der Waals surface area contributed by atoms with E-state index >= 15 is 0 Å². The van der Waals surface area contributed by atoms with E-state index in [0.717, 1.165) is 22.4 Å². The molecule has 0 aliphatic carbocycles. The van der Waals surface area contributed by atoms with Gasteiger partial charge in [-0.25, -0.2) is 4.98 Å². The Morgan fingerprint density at radius 3 is 2.41 bits per heavy atom. The van der Waals surface area contributed by atoms with E-state index in [-0.39, 0.29) is 17.3 Å². The number of carbonyl (C=O) groups is 1. The number of nitrogens with one attached hydrogen (secondary N) is 2. The number of halogens is 1. The van der Waals surface area contributed by atoms with Gasteiger partial charge >= 0.3 is 0 Å². The van der Waals surface area contributed by atoms with Crippen molar-refractivity contribution in [1.82, 2.24) is 4.98 Å². The topological polar surface area (TPSA) is 104 Å². The molecule has 0 saturated carbocycles. The van der Waals surface area contributed by atoms with Gasteiger partial charge in [-0.15, -0.1) is 11.3 Å². The zero-order valence-electron chi connectivity index (χ0n) is 20.1. The molecule has 1 amide bonds. The Balaban J connectivity index is 1.75. The van der Waals surface area contributed by atoms with Crippen molar-refractivity contribution in [2.45, 2.75) is 13.8 Å². The van der Waals surface area contributed by atoms with Crippen LogP contribution in [0.5, 0.6) is 0 Å². The van der Waals surface area contributed by atoms with Crippen molar-refractivity contribution in [2.75, 3.05) is 16.4 Å². The molecule has 0 saturated heterocycles. The van der Waals surface area contributed by atoms with Gasteiger partial charge in [0.15, 0.2) is 0 Å². The number of nitrogens with two attached hydrogens (primary N) is 1. The van der Waals surface area contributed by atoms with Crippen LogP contribution in [0.15, 0.2) is 72.8 Å². The normalized spacial score (nSPS) is 10.8. The Bertz CT molecular complexity index is 1690. The number of fused-ring (bicyclic) bond motifs is 1. The van der Waals surface area contributed by atoms with E-state index in [0.29, 0.717) is 37.1 Å². The molecular weight excluding hydrogens is 502 g/mol. The lowest BCUT2D eigenvalue weighted by Crippen LogP contribution is -2.13. The van der Waals surface area contributed by atoms with Crippen LogP contribution in [-0.2, 0) is 0 Å². The Hall–Kier alpha value is -4.38. The molecule has 0 aliphatic heterocycles. The van der Waals surface area contributed by atoms with Crippen LogP contribution >= 0.6 is 22.9 Å². The molecule has 6 nitrogen and oxygen atoms in total. The number of aromatic nitrogens is 1. The maximum atomic E-state index is 13.7. The van der Waals surface area contributed by atoms with Gasteiger partial charge in [-0.1, -0.05) is 59.6 Å². The van der Waals surface area contributed by atoms with Gasteiger partial charge in [-0.3, -0.25) is 4.79 Å². The quantitative estimate of drug-likeness (QED) is 0.219. The van der Waals surface area contributed by atoms with Crippen LogP contribution in [0.1, 0.15) is 27.0 Å². The molecule has 0 atom stereocenters. The fourth-order valence-electron chi connectivity index (χ4n) is 4.09. The summed E-state index contributed by atoms with van der Waals surface area (Å²) in [4.78, 5) is 18.3. The van der Waals surface area contributed by atoms with Gasteiger partial charge in [-0.05, 0) is 55.3 Å². The van der Waals surface area contributed by atoms with Crippen LogP contribution in [0.25, 0.3) is 21.3 Å². The molecule has 0 aliphatic rings. The minimum atomic E-state index is -0.329. The molecule has 4 N–H and O–H groups in total. The number of anilines is 4. The highest BCUT2D eigenvalue weighted by molar-refractivity contribution is 7.24. The Morgan fingerprint density at radius 2 is 1.73 bits per heavy atom. The summed E-state index contributed by atoms with van der Waals surface area (Å²) in [5.74, 6) is -0.269. The molecule has 0 spiro atoms. The largest absolute Gasteiger partial charge is 0.383 e. The fraction of sp³-hybridized carbons (Fsp3) is 0.0690. The molecule has 2 heterocycles. The van der Waals surface area contributed by atoms with E-state index in [1.807, 2.05) is 74.5 Å². The van der Waals surface area contributed by atoms with Crippen molar-refractivity contribution >= 4 is 61.3 Å². The van der Waals surface area contributed by atoms with Gasteiger partial charge in [0.2, 0.25) is 0 Å². The Kier molecular flexibility index (Phi) is 6.53. The first kappa shape index (κ1) is 24.3. The van der Waals surface area contributed by atoms with Crippen LogP contribution in [0.4, 0.5) is 22.2 Å². The summed E-state index contributed by atoms with van der Waals surface area (Å²) >= 11 is 7.48. The fourth-order valence-corrected chi connectivity index (χ4v) is 5.44.